The Bertz CT molecular complexity index is 937. The number of rotatable bonds is 5. The predicted molar refractivity (Wildman–Crippen MR) is 86.4 cm³/mol. The Morgan fingerprint density at radius 1 is 1.15 bits per heavy atom. The zero-order valence-corrected chi connectivity index (χ0v) is 14.7. The summed E-state index contributed by atoms with van der Waals surface area (Å²) in [5.74, 6) is -0.743. The maximum absolute atomic E-state index is 13.7. The van der Waals surface area contributed by atoms with Crippen LogP contribution in [0.1, 0.15) is 18.5 Å². The largest absolute Gasteiger partial charge is 0.409 e. The van der Waals surface area contributed by atoms with Crippen LogP contribution in [0.25, 0.3) is 0 Å². The van der Waals surface area contributed by atoms with Crippen LogP contribution in [-0.2, 0) is 17.1 Å². The molecule has 2 rings (SSSR count). The molecule has 1 atom stereocenters. The first-order chi connectivity index (χ1) is 12.0. The van der Waals surface area contributed by atoms with E-state index in [0.717, 1.165) is 47.2 Å². The summed E-state index contributed by atoms with van der Waals surface area (Å²) < 4.78 is 80.9. The maximum atomic E-state index is 13.7. The van der Waals surface area contributed by atoms with Crippen LogP contribution in [-0.4, -0.2) is 30.0 Å². The van der Waals surface area contributed by atoms with Gasteiger partial charge in [0, 0.05) is 25.9 Å². The third-order valence-corrected chi connectivity index (χ3v) is 5.71. The van der Waals surface area contributed by atoms with Gasteiger partial charge in [-0.3, -0.25) is 4.79 Å². The number of alkyl halides is 3. The quantitative estimate of drug-likeness (QED) is 0.736. The molecule has 26 heavy (non-hydrogen) atoms. The monoisotopic (exact) mass is 392 g/mol. The van der Waals surface area contributed by atoms with Crippen molar-refractivity contribution in [2.45, 2.75) is 24.0 Å². The summed E-state index contributed by atoms with van der Waals surface area (Å²) in [7, 11) is -3.24. The summed E-state index contributed by atoms with van der Waals surface area (Å²) in [5, 5.41) is 0. The van der Waals surface area contributed by atoms with Crippen molar-refractivity contribution in [2.75, 3.05) is 6.54 Å². The second-order valence-corrected chi connectivity index (χ2v) is 7.41. The van der Waals surface area contributed by atoms with E-state index in [2.05, 4.69) is 0 Å². The number of sulfonamides is 1. The molecule has 0 aliphatic heterocycles. The number of benzene rings is 1. The molecule has 0 radical (unpaired) electrons. The van der Waals surface area contributed by atoms with Crippen molar-refractivity contribution < 1.29 is 26.0 Å². The van der Waals surface area contributed by atoms with Gasteiger partial charge >= 0.3 is 6.18 Å². The van der Waals surface area contributed by atoms with Crippen LogP contribution in [0.15, 0.2) is 52.3 Å². The molecule has 2 aromatic rings. The first-order valence-corrected chi connectivity index (χ1v) is 8.93. The number of aryl methyl sites for hydroxylation is 1. The molecule has 5 nitrogen and oxygen atoms in total. The SMILES string of the molecule is CCN([C@H](c1ccc(F)cc1)C(F)(F)F)S(=O)(=O)c1ccn(C)c(=O)c1. The maximum Gasteiger partial charge on any atom is 0.409 e. The van der Waals surface area contributed by atoms with Gasteiger partial charge in [0.15, 0.2) is 0 Å². The highest BCUT2D eigenvalue weighted by atomic mass is 32.2. The lowest BCUT2D eigenvalue weighted by Crippen LogP contribution is -2.42. The Morgan fingerprint density at radius 3 is 2.19 bits per heavy atom. The first-order valence-electron chi connectivity index (χ1n) is 7.49. The van der Waals surface area contributed by atoms with Crippen molar-refractivity contribution in [1.29, 1.82) is 0 Å². The van der Waals surface area contributed by atoms with Gasteiger partial charge in [0.1, 0.15) is 11.9 Å². The van der Waals surface area contributed by atoms with Crippen LogP contribution in [0, 0.1) is 5.82 Å². The van der Waals surface area contributed by atoms with Crippen molar-refractivity contribution in [2.24, 2.45) is 7.05 Å². The zero-order chi connectivity index (χ0) is 19.7. The van der Waals surface area contributed by atoms with E-state index in [-0.39, 0.29) is 4.31 Å². The standard InChI is InChI=1S/C16H16F4N2O3S/c1-3-22(26(24,25)13-8-9-21(2)14(23)10-13)15(16(18,19)20)11-4-6-12(17)7-5-11/h4-10,15H,3H2,1-2H3/t15-/m1/s1. The predicted octanol–water partition coefficient (Wildman–Crippen LogP) is 2.84. The van der Waals surface area contributed by atoms with Crippen molar-refractivity contribution in [3.05, 3.63) is 64.3 Å². The topological polar surface area (TPSA) is 59.4 Å². The average Bonchev–Trinajstić information content (AvgIpc) is 2.54. The van der Waals surface area contributed by atoms with Gasteiger partial charge < -0.3 is 4.57 Å². The highest BCUT2D eigenvalue weighted by Crippen LogP contribution is 2.40. The number of pyridine rings is 1. The van der Waals surface area contributed by atoms with Crippen molar-refractivity contribution in [3.63, 3.8) is 0 Å². The van der Waals surface area contributed by atoms with E-state index in [1.54, 1.807) is 0 Å². The molecule has 1 aromatic heterocycles. The third kappa shape index (κ3) is 3.96. The number of nitrogens with zero attached hydrogens (tertiary/aromatic N) is 2. The highest BCUT2D eigenvalue weighted by Gasteiger charge is 2.48. The molecule has 0 unspecified atom stereocenters. The number of hydrogen-bond acceptors (Lipinski definition) is 3. The molecular formula is C16H16F4N2O3S. The molecule has 142 valence electrons. The van der Waals surface area contributed by atoms with E-state index in [1.165, 1.54) is 14.0 Å². The zero-order valence-electron chi connectivity index (χ0n) is 13.9. The van der Waals surface area contributed by atoms with Crippen LogP contribution in [0.4, 0.5) is 17.6 Å². The molecule has 0 bridgehead atoms. The molecule has 1 aromatic carbocycles. The molecule has 0 fully saturated rings. The van der Waals surface area contributed by atoms with Gasteiger partial charge in [-0.25, -0.2) is 12.8 Å². The number of halogens is 4. The van der Waals surface area contributed by atoms with Crippen LogP contribution in [0.2, 0.25) is 0 Å². The van der Waals surface area contributed by atoms with Gasteiger partial charge in [0.2, 0.25) is 10.0 Å². The Kier molecular flexibility index (Phi) is 5.57. The summed E-state index contributed by atoms with van der Waals surface area (Å²) in [6.07, 6.45) is -3.79. The molecule has 0 aliphatic carbocycles. The normalized spacial score (nSPS) is 13.8. The lowest BCUT2D eigenvalue weighted by Gasteiger charge is -2.31. The highest BCUT2D eigenvalue weighted by molar-refractivity contribution is 7.89. The van der Waals surface area contributed by atoms with Crippen LogP contribution in [0.5, 0.6) is 0 Å². The Labute approximate surface area is 147 Å². The number of hydrogen-bond donors (Lipinski definition) is 0. The Balaban J connectivity index is 2.61. The fraction of sp³-hybridized carbons (Fsp3) is 0.312. The summed E-state index contributed by atoms with van der Waals surface area (Å²) in [6, 6.07) is 2.72. The van der Waals surface area contributed by atoms with Crippen molar-refractivity contribution in [3.8, 4) is 0 Å². The molecule has 0 saturated carbocycles. The molecule has 1 heterocycles. The molecule has 0 amide bonds. The van der Waals surface area contributed by atoms with Crippen LogP contribution in [0.3, 0.4) is 0 Å². The van der Waals surface area contributed by atoms with E-state index >= 15 is 0 Å². The fourth-order valence-electron chi connectivity index (χ4n) is 2.48. The van der Waals surface area contributed by atoms with Gasteiger partial charge in [-0.05, 0) is 23.8 Å². The lowest BCUT2D eigenvalue weighted by molar-refractivity contribution is -0.173. The van der Waals surface area contributed by atoms with Crippen LogP contribution >= 0.6 is 0 Å². The molecule has 0 spiro atoms. The summed E-state index contributed by atoms with van der Waals surface area (Å²) in [5.41, 5.74) is -1.10. The minimum atomic E-state index is -4.94. The van der Waals surface area contributed by atoms with E-state index < -0.39 is 50.6 Å². The Morgan fingerprint density at radius 2 is 1.73 bits per heavy atom. The van der Waals surface area contributed by atoms with E-state index in [9.17, 15) is 30.8 Å². The molecule has 10 heteroatoms. The third-order valence-electron chi connectivity index (χ3n) is 3.78. The van der Waals surface area contributed by atoms with Crippen molar-refractivity contribution in [1.82, 2.24) is 8.87 Å². The van der Waals surface area contributed by atoms with Gasteiger partial charge in [0.05, 0.1) is 4.90 Å². The summed E-state index contributed by atoms with van der Waals surface area (Å²) in [6.45, 7) is 0.750. The Hall–Kier alpha value is -2.20. The average molecular weight is 392 g/mol. The fourth-order valence-corrected chi connectivity index (χ4v) is 4.09. The molecular weight excluding hydrogens is 376 g/mol. The minimum Gasteiger partial charge on any atom is -0.319 e. The molecule has 0 N–H and O–H groups in total. The second kappa shape index (κ2) is 7.20. The van der Waals surface area contributed by atoms with E-state index in [4.69, 9.17) is 0 Å². The smallest absolute Gasteiger partial charge is 0.319 e. The molecule has 0 saturated heterocycles. The van der Waals surface area contributed by atoms with Gasteiger partial charge in [-0.15, -0.1) is 0 Å². The first kappa shape index (κ1) is 20.1. The van der Waals surface area contributed by atoms with E-state index in [1.807, 2.05) is 0 Å². The number of aromatic nitrogens is 1. The van der Waals surface area contributed by atoms with Gasteiger partial charge in [-0.2, -0.15) is 17.5 Å². The van der Waals surface area contributed by atoms with Crippen molar-refractivity contribution >= 4 is 10.0 Å². The van der Waals surface area contributed by atoms with Crippen LogP contribution < -0.4 is 5.56 Å². The summed E-state index contributed by atoms with van der Waals surface area (Å²) in [4.78, 5) is 11.1. The van der Waals surface area contributed by atoms with E-state index in [0.29, 0.717) is 0 Å². The van der Waals surface area contributed by atoms with Gasteiger partial charge in [0.25, 0.3) is 5.56 Å². The summed E-state index contributed by atoms with van der Waals surface area (Å²) >= 11 is 0. The second-order valence-electron chi connectivity index (χ2n) is 5.52. The minimum absolute atomic E-state index is 0.245. The molecule has 0 aliphatic rings. The lowest BCUT2D eigenvalue weighted by atomic mass is 10.1. The van der Waals surface area contributed by atoms with Gasteiger partial charge in [-0.1, -0.05) is 19.1 Å².